The fourth-order valence-corrected chi connectivity index (χ4v) is 4.33. The van der Waals surface area contributed by atoms with Gasteiger partial charge < -0.3 is 15.6 Å². The summed E-state index contributed by atoms with van der Waals surface area (Å²) in [5.41, 5.74) is 2.90. The minimum absolute atomic E-state index is 0. The summed E-state index contributed by atoms with van der Waals surface area (Å²) < 4.78 is 16.2. The van der Waals surface area contributed by atoms with Crippen molar-refractivity contribution in [2.75, 3.05) is 21.3 Å². The van der Waals surface area contributed by atoms with Crippen molar-refractivity contribution in [1.29, 1.82) is 0 Å². The average Bonchev–Trinajstić information content (AvgIpc) is 2.66. The van der Waals surface area contributed by atoms with E-state index < -0.39 is 0 Å². The van der Waals surface area contributed by atoms with Crippen molar-refractivity contribution in [2.45, 2.75) is 39.5 Å². The van der Waals surface area contributed by atoms with Gasteiger partial charge in [0, 0.05) is 12.1 Å². The summed E-state index contributed by atoms with van der Waals surface area (Å²) in [7, 11) is 4.66. The van der Waals surface area contributed by atoms with E-state index in [1.165, 1.54) is 11.1 Å². The molecule has 2 aromatic rings. The van der Waals surface area contributed by atoms with E-state index in [0.29, 0.717) is 34.6 Å². The minimum atomic E-state index is -0.00703. The molecule has 0 bridgehead atoms. The fraction of sp³-hybridized carbons (Fsp3) is 0.409. The Bertz CT molecular complexity index is 799. The first-order valence-electron chi connectivity index (χ1n) is 9.07. The number of carbonyl (C=O) groups is 1. The SMILES string of the molecule is COc1cc(OC)c(C(=O)Pc2cc(C(C)C)ccc2C(C)C)c(OC)c1.[H-].[Li+]. The Morgan fingerprint density at radius 3 is 1.89 bits per heavy atom. The van der Waals surface area contributed by atoms with Crippen LogP contribution in [0.15, 0.2) is 30.3 Å². The van der Waals surface area contributed by atoms with Crippen LogP contribution >= 0.6 is 8.58 Å². The fourth-order valence-electron chi connectivity index (χ4n) is 2.96. The molecule has 0 saturated heterocycles. The molecule has 0 heterocycles. The van der Waals surface area contributed by atoms with Crippen LogP contribution in [0, 0.1) is 0 Å². The molecule has 0 aliphatic rings. The summed E-state index contributed by atoms with van der Waals surface area (Å²) in [4.78, 5) is 13.2. The molecule has 4 nitrogen and oxygen atoms in total. The zero-order valence-corrected chi connectivity index (χ0v) is 19.2. The molecule has 0 aromatic heterocycles. The third kappa shape index (κ3) is 5.54. The Kier molecular flexibility index (Phi) is 9.58. The number of methoxy groups -OCH3 is 3. The van der Waals surface area contributed by atoms with Gasteiger partial charge in [-0.15, -0.1) is 0 Å². The van der Waals surface area contributed by atoms with Crippen LogP contribution < -0.4 is 38.4 Å². The molecular formula is C22H30LiO4P. The Morgan fingerprint density at radius 1 is 0.893 bits per heavy atom. The molecule has 2 aromatic carbocycles. The van der Waals surface area contributed by atoms with E-state index >= 15 is 0 Å². The quantitative estimate of drug-likeness (QED) is 0.507. The molecule has 0 fully saturated rings. The summed E-state index contributed by atoms with van der Waals surface area (Å²) in [6, 6.07) is 9.91. The van der Waals surface area contributed by atoms with Gasteiger partial charge in [0.15, 0.2) is 5.52 Å². The second-order valence-corrected chi connectivity index (χ2v) is 8.26. The summed E-state index contributed by atoms with van der Waals surface area (Å²) in [5, 5.41) is 1.08. The largest absolute Gasteiger partial charge is 1.00 e. The Hall–Kier alpha value is -1.46. The number of carbonyl (C=O) groups excluding carboxylic acids is 1. The zero-order valence-electron chi connectivity index (χ0n) is 19.2. The molecule has 0 aliphatic carbocycles. The molecule has 148 valence electrons. The minimum Gasteiger partial charge on any atom is -1.00 e. The average molecular weight is 396 g/mol. The molecule has 0 saturated carbocycles. The first kappa shape index (κ1) is 24.6. The number of rotatable bonds is 8. The maximum atomic E-state index is 13.2. The van der Waals surface area contributed by atoms with Crippen LogP contribution in [0.25, 0.3) is 0 Å². The van der Waals surface area contributed by atoms with E-state index in [9.17, 15) is 4.79 Å². The smallest absolute Gasteiger partial charge is 1.00 e. The van der Waals surface area contributed by atoms with E-state index in [-0.39, 0.29) is 34.4 Å². The summed E-state index contributed by atoms with van der Waals surface area (Å²) in [5.74, 6) is 2.29. The van der Waals surface area contributed by atoms with Gasteiger partial charge in [0.25, 0.3) is 0 Å². The Balaban J connectivity index is 0.00000392. The molecule has 6 heteroatoms. The van der Waals surface area contributed by atoms with Crippen LogP contribution in [0.2, 0.25) is 0 Å². The number of benzene rings is 2. The number of hydrogen-bond acceptors (Lipinski definition) is 4. The van der Waals surface area contributed by atoms with Gasteiger partial charge in [-0.2, -0.15) is 0 Å². The predicted molar refractivity (Wildman–Crippen MR) is 114 cm³/mol. The van der Waals surface area contributed by atoms with Crippen LogP contribution in [0.4, 0.5) is 0 Å². The van der Waals surface area contributed by atoms with Crippen LogP contribution in [0.1, 0.15) is 62.4 Å². The van der Waals surface area contributed by atoms with Gasteiger partial charge in [-0.3, -0.25) is 4.79 Å². The van der Waals surface area contributed by atoms with Gasteiger partial charge in [-0.25, -0.2) is 0 Å². The molecule has 0 amide bonds. The van der Waals surface area contributed by atoms with Crippen molar-refractivity contribution in [3.63, 3.8) is 0 Å². The molecule has 0 spiro atoms. The van der Waals surface area contributed by atoms with E-state index in [4.69, 9.17) is 14.2 Å². The van der Waals surface area contributed by atoms with Gasteiger partial charge in [0.2, 0.25) is 0 Å². The molecule has 1 unspecified atom stereocenters. The second-order valence-electron chi connectivity index (χ2n) is 7.02. The first-order chi connectivity index (χ1) is 12.8. The summed E-state index contributed by atoms with van der Waals surface area (Å²) >= 11 is 0. The maximum absolute atomic E-state index is 13.2. The molecular weight excluding hydrogens is 366 g/mol. The van der Waals surface area contributed by atoms with Crippen LogP contribution in [0.5, 0.6) is 17.2 Å². The van der Waals surface area contributed by atoms with Crippen LogP contribution in [0.3, 0.4) is 0 Å². The summed E-state index contributed by atoms with van der Waals surface area (Å²) in [6.45, 7) is 8.62. The second kappa shape index (κ2) is 10.9. The standard InChI is InChI=1S/C22H29O4P.Li.H/c1-13(2)15-8-9-17(14(3)4)20(10-15)27-22(23)21-18(25-6)11-16(24-5)12-19(21)26-7;;/h8-14,27H,1-7H3;;/q;+1;-1. The molecule has 0 aliphatic heterocycles. The number of hydrogen-bond donors (Lipinski definition) is 0. The Morgan fingerprint density at radius 2 is 1.46 bits per heavy atom. The van der Waals surface area contributed by atoms with Crippen molar-refractivity contribution in [2.24, 2.45) is 0 Å². The maximum Gasteiger partial charge on any atom is 1.00 e. The predicted octanol–water partition coefficient (Wildman–Crippen LogP) is 2.22. The van der Waals surface area contributed by atoms with Gasteiger partial charge in [-0.05, 0) is 36.8 Å². The molecule has 2 rings (SSSR count). The Labute approximate surface area is 183 Å². The van der Waals surface area contributed by atoms with Crippen molar-refractivity contribution < 1.29 is 39.3 Å². The summed E-state index contributed by atoms with van der Waals surface area (Å²) in [6.07, 6.45) is 0. The van der Waals surface area contributed by atoms with Gasteiger partial charge >= 0.3 is 18.9 Å². The molecule has 0 radical (unpaired) electrons. The number of ether oxygens (including phenoxy) is 3. The van der Waals surface area contributed by atoms with Crippen LogP contribution in [-0.2, 0) is 0 Å². The van der Waals surface area contributed by atoms with Crippen molar-refractivity contribution in [3.05, 3.63) is 47.0 Å². The van der Waals surface area contributed by atoms with Crippen molar-refractivity contribution in [3.8, 4) is 17.2 Å². The van der Waals surface area contributed by atoms with Crippen LogP contribution in [-0.4, -0.2) is 26.9 Å². The van der Waals surface area contributed by atoms with E-state index in [2.05, 4.69) is 45.9 Å². The zero-order chi connectivity index (χ0) is 20.1. The first-order valence-corrected chi connectivity index (χ1v) is 10.1. The topological polar surface area (TPSA) is 44.8 Å². The molecule has 1 atom stereocenters. The third-order valence-electron chi connectivity index (χ3n) is 4.56. The van der Waals surface area contributed by atoms with Gasteiger partial charge in [-0.1, -0.05) is 45.9 Å². The van der Waals surface area contributed by atoms with E-state index in [0.717, 1.165) is 5.30 Å². The van der Waals surface area contributed by atoms with E-state index in [1.54, 1.807) is 33.5 Å². The van der Waals surface area contributed by atoms with Gasteiger partial charge in [0.1, 0.15) is 22.8 Å². The van der Waals surface area contributed by atoms with E-state index in [1.807, 2.05) is 0 Å². The molecule has 0 N–H and O–H groups in total. The monoisotopic (exact) mass is 396 g/mol. The van der Waals surface area contributed by atoms with Crippen molar-refractivity contribution >= 4 is 19.4 Å². The third-order valence-corrected chi connectivity index (χ3v) is 5.74. The van der Waals surface area contributed by atoms with Crippen molar-refractivity contribution in [1.82, 2.24) is 0 Å². The molecule has 28 heavy (non-hydrogen) atoms. The normalized spacial score (nSPS) is 11.0. The van der Waals surface area contributed by atoms with Gasteiger partial charge in [0.05, 0.1) is 21.3 Å².